The van der Waals surface area contributed by atoms with Crippen LogP contribution in [0.5, 0.6) is 11.5 Å². The summed E-state index contributed by atoms with van der Waals surface area (Å²) < 4.78 is 20.1. The summed E-state index contributed by atoms with van der Waals surface area (Å²) in [6, 6.07) is 21.3. The Balaban J connectivity index is 1.38. The van der Waals surface area contributed by atoms with Crippen LogP contribution in [0.4, 0.5) is 0 Å². The Morgan fingerprint density at radius 3 is 2.70 bits per heavy atom. The van der Waals surface area contributed by atoms with E-state index in [0.29, 0.717) is 43.2 Å². The zero-order valence-electron chi connectivity index (χ0n) is 23.6. The van der Waals surface area contributed by atoms with Gasteiger partial charge in [-0.2, -0.15) is 0 Å². The number of methoxy groups -OCH3 is 1. The molecule has 0 fully saturated rings. The molecule has 0 aliphatic carbocycles. The van der Waals surface area contributed by atoms with Gasteiger partial charge in [-0.3, -0.25) is 9.36 Å². The van der Waals surface area contributed by atoms with Gasteiger partial charge in [0, 0.05) is 4.88 Å². The van der Waals surface area contributed by atoms with Crippen molar-refractivity contribution in [2.75, 3.05) is 13.7 Å². The summed E-state index contributed by atoms with van der Waals surface area (Å²) in [6.45, 7) is 4.13. The van der Waals surface area contributed by atoms with Gasteiger partial charge in [0.15, 0.2) is 16.3 Å². The van der Waals surface area contributed by atoms with Crippen LogP contribution in [0.25, 0.3) is 16.8 Å². The third-order valence-corrected chi connectivity index (χ3v) is 9.63. The summed E-state index contributed by atoms with van der Waals surface area (Å²) in [5.74, 6) is 0.635. The van der Waals surface area contributed by atoms with Gasteiger partial charge in [-0.25, -0.2) is 9.79 Å². The Morgan fingerprint density at radius 1 is 1.12 bits per heavy atom. The number of allylic oxidation sites excluding steroid dienone is 1. The third kappa shape index (κ3) is 5.58. The van der Waals surface area contributed by atoms with Crippen molar-refractivity contribution in [3.63, 3.8) is 0 Å². The summed E-state index contributed by atoms with van der Waals surface area (Å²) in [6.07, 6.45) is 1.81. The molecule has 10 heteroatoms. The lowest BCUT2D eigenvalue weighted by atomic mass is 10.0. The van der Waals surface area contributed by atoms with Crippen molar-refractivity contribution < 1.29 is 19.0 Å². The molecule has 0 radical (unpaired) electrons. The summed E-state index contributed by atoms with van der Waals surface area (Å²) in [7, 11) is 1.59. The van der Waals surface area contributed by atoms with Crippen LogP contribution in [-0.2, 0) is 16.1 Å². The molecular weight excluding hydrogens is 648 g/mol. The molecule has 1 atom stereocenters. The monoisotopic (exact) mass is 674 g/mol. The molecule has 1 aliphatic heterocycles. The number of fused-ring (bicyclic) bond motifs is 2. The molecule has 0 spiro atoms. The number of thiazole rings is 1. The van der Waals surface area contributed by atoms with Crippen LogP contribution < -0.4 is 24.4 Å². The van der Waals surface area contributed by atoms with Crippen LogP contribution in [0, 0.1) is 0 Å². The van der Waals surface area contributed by atoms with Gasteiger partial charge in [0.25, 0.3) is 5.56 Å². The first-order chi connectivity index (χ1) is 20.9. The highest BCUT2D eigenvalue weighted by molar-refractivity contribution is 9.10. The molecule has 2 aromatic heterocycles. The van der Waals surface area contributed by atoms with E-state index >= 15 is 0 Å². The highest BCUT2D eigenvalue weighted by Gasteiger charge is 2.33. The van der Waals surface area contributed by atoms with Crippen LogP contribution in [0.15, 0.2) is 97.6 Å². The van der Waals surface area contributed by atoms with Crippen molar-refractivity contribution in [2.24, 2.45) is 4.99 Å². The predicted octanol–water partition coefficient (Wildman–Crippen LogP) is 6.36. The van der Waals surface area contributed by atoms with E-state index in [4.69, 9.17) is 14.2 Å². The third-order valence-electron chi connectivity index (χ3n) is 7.13. The average Bonchev–Trinajstić information content (AvgIpc) is 3.64. The molecule has 0 unspecified atom stereocenters. The van der Waals surface area contributed by atoms with E-state index in [-0.39, 0.29) is 12.2 Å². The fraction of sp³-hybridized carbons (Fsp3) is 0.182. The van der Waals surface area contributed by atoms with Crippen molar-refractivity contribution in [2.45, 2.75) is 26.5 Å². The summed E-state index contributed by atoms with van der Waals surface area (Å²) >= 11 is 6.42. The molecule has 7 nitrogen and oxygen atoms in total. The number of benzene rings is 3. The second-order valence-corrected chi connectivity index (χ2v) is 12.6. The van der Waals surface area contributed by atoms with Gasteiger partial charge < -0.3 is 14.2 Å². The van der Waals surface area contributed by atoms with Crippen LogP contribution in [0.3, 0.4) is 0 Å². The predicted molar refractivity (Wildman–Crippen MR) is 174 cm³/mol. The van der Waals surface area contributed by atoms with Crippen molar-refractivity contribution in [3.8, 4) is 11.5 Å². The lowest BCUT2D eigenvalue weighted by molar-refractivity contribution is -0.139. The van der Waals surface area contributed by atoms with Crippen LogP contribution in [0.1, 0.15) is 35.9 Å². The number of esters is 1. The SMILES string of the molecule is CCOC(=O)C1=C(C)N=c2s/c(=C\c3cc(Br)c(OCc4cccc5ccccc45)c(OC)c3)c(=O)n2[C@@H]1c1cccs1. The highest BCUT2D eigenvalue weighted by Crippen LogP contribution is 2.38. The van der Waals surface area contributed by atoms with Crippen LogP contribution in [-0.4, -0.2) is 24.3 Å². The minimum Gasteiger partial charge on any atom is -0.493 e. The Bertz CT molecular complexity index is 2060. The summed E-state index contributed by atoms with van der Waals surface area (Å²) in [5, 5.41) is 4.21. The standard InChI is InChI=1S/C33H27BrN2O5S2/c1-4-40-32(38)28-19(2)35-33-36(29(28)26-13-8-14-42-26)31(37)27(43-33)17-20-15-24(34)30(25(16-20)39-3)41-18-22-11-7-10-21-9-5-6-12-23(21)22/h5-17,29H,4,18H2,1-3H3/b27-17-/t29-/m1/s1. The molecule has 0 N–H and O–H groups in total. The quantitative estimate of drug-likeness (QED) is 0.179. The van der Waals surface area contributed by atoms with Crippen molar-refractivity contribution >= 4 is 61.4 Å². The maximum absolute atomic E-state index is 13.9. The molecule has 0 saturated carbocycles. The summed E-state index contributed by atoms with van der Waals surface area (Å²) in [4.78, 5) is 32.9. The maximum Gasteiger partial charge on any atom is 0.338 e. The largest absolute Gasteiger partial charge is 0.493 e. The molecule has 0 amide bonds. The molecule has 6 rings (SSSR count). The number of thiophene rings is 1. The van der Waals surface area contributed by atoms with Gasteiger partial charge in [0.2, 0.25) is 0 Å². The maximum atomic E-state index is 13.9. The Hall–Kier alpha value is -3.99. The smallest absolute Gasteiger partial charge is 0.338 e. The van der Waals surface area contributed by atoms with Gasteiger partial charge in [-0.05, 0) is 81.3 Å². The van der Waals surface area contributed by atoms with Gasteiger partial charge in [-0.15, -0.1) is 11.3 Å². The number of aromatic nitrogens is 1. The minimum atomic E-state index is -0.608. The first-order valence-corrected chi connectivity index (χ1v) is 16.1. The molecule has 0 bridgehead atoms. The lowest BCUT2D eigenvalue weighted by Crippen LogP contribution is -2.39. The van der Waals surface area contributed by atoms with Crippen LogP contribution in [0.2, 0.25) is 0 Å². The zero-order valence-corrected chi connectivity index (χ0v) is 26.8. The molecule has 3 heterocycles. The lowest BCUT2D eigenvalue weighted by Gasteiger charge is -2.23. The second kappa shape index (κ2) is 12.3. The van der Waals surface area contributed by atoms with E-state index in [1.54, 1.807) is 31.6 Å². The van der Waals surface area contributed by atoms with Gasteiger partial charge in [0.05, 0.1) is 34.0 Å². The van der Waals surface area contributed by atoms with E-state index < -0.39 is 12.0 Å². The van der Waals surface area contributed by atoms with E-state index in [1.807, 2.05) is 47.8 Å². The molecule has 43 heavy (non-hydrogen) atoms. The number of carbonyl (C=O) groups is 1. The van der Waals surface area contributed by atoms with Crippen molar-refractivity contribution in [1.29, 1.82) is 0 Å². The first kappa shape index (κ1) is 29.1. The van der Waals surface area contributed by atoms with Gasteiger partial charge >= 0.3 is 5.97 Å². The van der Waals surface area contributed by atoms with Gasteiger partial charge in [-0.1, -0.05) is 59.9 Å². The van der Waals surface area contributed by atoms with E-state index in [0.717, 1.165) is 26.8 Å². The Kier molecular flexibility index (Phi) is 8.34. The number of rotatable bonds is 8. The topological polar surface area (TPSA) is 79.1 Å². The van der Waals surface area contributed by atoms with E-state index in [9.17, 15) is 9.59 Å². The Labute approximate surface area is 264 Å². The number of halogens is 1. The average molecular weight is 676 g/mol. The molecule has 3 aromatic carbocycles. The number of hydrogen-bond donors (Lipinski definition) is 0. The van der Waals surface area contributed by atoms with Crippen molar-refractivity contribution in [1.82, 2.24) is 4.57 Å². The molecule has 218 valence electrons. The van der Waals surface area contributed by atoms with Crippen molar-refractivity contribution in [3.05, 3.63) is 124 Å². The fourth-order valence-corrected chi connectivity index (χ4v) is 7.63. The van der Waals surface area contributed by atoms with Gasteiger partial charge in [0.1, 0.15) is 12.6 Å². The minimum absolute atomic E-state index is 0.232. The normalized spacial score (nSPS) is 14.9. The number of carbonyl (C=O) groups excluding carboxylic acids is 1. The highest BCUT2D eigenvalue weighted by atomic mass is 79.9. The fourth-order valence-electron chi connectivity index (χ4n) is 5.19. The summed E-state index contributed by atoms with van der Waals surface area (Å²) in [5.41, 5.74) is 2.50. The van der Waals surface area contributed by atoms with Crippen LogP contribution >= 0.6 is 38.6 Å². The molecule has 5 aromatic rings. The first-order valence-electron chi connectivity index (χ1n) is 13.6. The second-order valence-electron chi connectivity index (χ2n) is 9.78. The molecule has 1 aliphatic rings. The number of hydrogen-bond acceptors (Lipinski definition) is 8. The number of ether oxygens (including phenoxy) is 3. The van der Waals surface area contributed by atoms with E-state index in [1.165, 1.54) is 22.7 Å². The Morgan fingerprint density at radius 2 is 1.93 bits per heavy atom. The van der Waals surface area contributed by atoms with E-state index in [2.05, 4.69) is 45.2 Å². The molecular formula is C33H27BrN2O5S2. The number of nitrogens with zero attached hydrogens (tertiary/aromatic N) is 2. The zero-order chi connectivity index (χ0) is 30.1. The molecule has 0 saturated heterocycles.